The number of aromatic nitrogens is 3. The minimum atomic E-state index is -4.60. The number of amides is 1. The van der Waals surface area contributed by atoms with E-state index in [0.717, 1.165) is 18.2 Å². The van der Waals surface area contributed by atoms with Gasteiger partial charge in [-0.1, -0.05) is 29.5 Å². The van der Waals surface area contributed by atoms with E-state index < -0.39 is 49.6 Å². The normalized spacial score (nSPS) is 14.2. The molecule has 0 radical (unpaired) electrons. The summed E-state index contributed by atoms with van der Waals surface area (Å²) in [5, 5.41) is 0.473. The average molecular weight is 666 g/mol. The third-order valence-corrected chi connectivity index (χ3v) is 9.61. The molecule has 1 amide bonds. The lowest BCUT2D eigenvalue weighted by Crippen LogP contribution is -2.50. The van der Waals surface area contributed by atoms with Gasteiger partial charge in [-0.15, -0.1) is 0 Å². The summed E-state index contributed by atoms with van der Waals surface area (Å²) in [6.07, 6.45) is 1.02. The Morgan fingerprint density at radius 1 is 1.00 bits per heavy atom. The van der Waals surface area contributed by atoms with E-state index in [1.807, 2.05) is 4.90 Å². The second kappa shape index (κ2) is 12.3. The Labute approximate surface area is 261 Å². The molecule has 2 aromatic carbocycles. The molecule has 0 aliphatic carbocycles. The molecule has 0 spiro atoms. The van der Waals surface area contributed by atoms with Crippen LogP contribution in [0.1, 0.15) is 26.3 Å². The van der Waals surface area contributed by atoms with Crippen molar-refractivity contribution in [2.24, 2.45) is 0 Å². The van der Waals surface area contributed by atoms with Crippen molar-refractivity contribution in [1.82, 2.24) is 19.9 Å². The van der Waals surface area contributed by atoms with Gasteiger partial charge in [0.2, 0.25) is 5.28 Å². The third kappa shape index (κ3) is 6.81. The molecule has 5 rings (SSSR count). The van der Waals surface area contributed by atoms with Gasteiger partial charge in [-0.05, 0) is 56.6 Å². The van der Waals surface area contributed by atoms with Gasteiger partial charge in [0.15, 0.2) is 15.0 Å². The summed E-state index contributed by atoms with van der Waals surface area (Å²) < 4.78 is 76.2. The predicted octanol–water partition coefficient (Wildman–Crippen LogP) is 6.37. The highest BCUT2D eigenvalue weighted by molar-refractivity contribution is 7.90. The van der Waals surface area contributed by atoms with E-state index in [-0.39, 0.29) is 22.1 Å². The second-order valence-electron chi connectivity index (χ2n) is 10.9. The van der Waals surface area contributed by atoms with E-state index in [9.17, 15) is 22.0 Å². The third-order valence-electron chi connectivity index (χ3n) is 6.59. The number of hydrogen-bond donors (Lipinski definition) is 0. The van der Waals surface area contributed by atoms with Crippen LogP contribution in [-0.4, -0.2) is 66.1 Å². The smallest absolute Gasteiger partial charge is 0.410 e. The van der Waals surface area contributed by atoms with Crippen LogP contribution in [0.4, 0.5) is 23.1 Å². The molecule has 0 N–H and O–H groups in total. The highest BCUT2D eigenvalue weighted by Gasteiger charge is 2.30. The van der Waals surface area contributed by atoms with E-state index in [2.05, 4.69) is 9.97 Å². The summed E-state index contributed by atoms with van der Waals surface area (Å²) in [6, 6.07) is 8.39. The minimum absolute atomic E-state index is 0.0358. The molecule has 0 atom stereocenters. The maximum atomic E-state index is 16.1. The first-order valence-corrected chi connectivity index (χ1v) is 16.3. The minimum Gasteiger partial charge on any atom is -0.444 e. The van der Waals surface area contributed by atoms with Gasteiger partial charge in [-0.25, -0.2) is 41.3 Å². The Morgan fingerprint density at radius 3 is 2.30 bits per heavy atom. The number of thiazole rings is 1. The van der Waals surface area contributed by atoms with Crippen LogP contribution in [0.15, 0.2) is 53.6 Å². The van der Waals surface area contributed by atoms with Crippen LogP contribution in [0.25, 0.3) is 21.8 Å². The van der Waals surface area contributed by atoms with Crippen molar-refractivity contribution < 1.29 is 31.1 Å². The fourth-order valence-corrected chi connectivity index (χ4v) is 7.36. The maximum Gasteiger partial charge on any atom is 0.410 e. The summed E-state index contributed by atoms with van der Waals surface area (Å²) in [5.74, 6) is -4.43. The maximum absolute atomic E-state index is 16.1. The molecule has 0 saturated carbocycles. The van der Waals surface area contributed by atoms with Gasteiger partial charge in [0.05, 0.1) is 22.0 Å². The standard InChI is InChI=1S/C29H27ClF3N5O4S2/c1-29(2,3)42-28(39)38-14-12-37(13-15-38)27-36-23(24(43-27)21-10-11-34-26(30)35-21)18-7-4-6-17(22(18)33)16-44(40,41)25-19(31)8-5-9-20(25)32/h4-11H,12-16H2,1-3H3. The van der Waals surface area contributed by atoms with Gasteiger partial charge in [0.1, 0.15) is 27.9 Å². The first kappa shape index (κ1) is 31.7. The topological polar surface area (TPSA) is 106 Å². The lowest BCUT2D eigenvalue weighted by Gasteiger charge is -2.35. The number of nitrogens with zero attached hydrogens (tertiary/aromatic N) is 5. The zero-order valence-corrected chi connectivity index (χ0v) is 26.2. The van der Waals surface area contributed by atoms with Gasteiger partial charge in [-0.2, -0.15) is 0 Å². The number of sulfone groups is 1. The molecule has 2 aromatic heterocycles. The number of rotatable bonds is 6. The van der Waals surface area contributed by atoms with Crippen LogP contribution >= 0.6 is 22.9 Å². The van der Waals surface area contributed by atoms with Crippen molar-refractivity contribution in [3.05, 3.63) is 77.0 Å². The van der Waals surface area contributed by atoms with Crippen LogP contribution < -0.4 is 4.90 Å². The molecular formula is C29H27ClF3N5O4S2. The van der Waals surface area contributed by atoms with Gasteiger partial charge < -0.3 is 14.5 Å². The van der Waals surface area contributed by atoms with Crippen molar-refractivity contribution in [3.63, 3.8) is 0 Å². The number of carbonyl (C=O) groups is 1. The van der Waals surface area contributed by atoms with E-state index in [1.54, 1.807) is 31.7 Å². The van der Waals surface area contributed by atoms with Crippen LogP contribution in [0.3, 0.4) is 0 Å². The molecule has 1 saturated heterocycles. The summed E-state index contributed by atoms with van der Waals surface area (Å²) in [7, 11) is -4.60. The van der Waals surface area contributed by atoms with Crippen molar-refractivity contribution in [1.29, 1.82) is 0 Å². The number of ether oxygens (including phenoxy) is 1. The van der Waals surface area contributed by atoms with Crippen LogP contribution in [0, 0.1) is 17.5 Å². The Balaban J connectivity index is 1.50. The zero-order valence-electron chi connectivity index (χ0n) is 23.9. The SMILES string of the molecule is CC(C)(C)OC(=O)N1CCN(c2nc(-c3cccc(CS(=O)(=O)c4c(F)cccc4F)c3F)c(-c3ccnc(Cl)n3)s2)CC1. The Morgan fingerprint density at radius 2 is 1.66 bits per heavy atom. The summed E-state index contributed by atoms with van der Waals surface area (Å²) >= 11 is 7.27. The highest BCUT2D eigenvalue weighted by atomic mass is 35.5. The molecule has 1 aliphatic rings. The lowest BCUT2D eigenvalue weighted by atomic mass is 10.1. The fraction of sp³-hybridized carbons (Fsp3) is 0.310. The molecule has 44 heavy (non-hydrogen) atoms. The average Bonchev–Trinajstić information content (AvgIpc) is 3.38. The van der Waals surface area contributed by atoms with E-state index in [0.29, 0.717) is 41.9 Å². The lowest BCUT2D eigenvalue weighted by molar-refractivity contribution is 0.0240. The molecule has 4 aromatic rings. The number of carbonyl (C=O) groups excluding carboxylic acids is 1. The first-order valence-electron chi connectivity index (χ1n) is 13.4. The number of halogens is 4. The molecule has 15 heteroatoms. The van der Waals surface area contributed by atoms with Crippen molar-refractivity contribution in [2.45, 2.75) is 37.0 Å². The second-order valence-corrected chi connectivity index (χ2v) is 14.2. The summed E-state index contributed by atoms with van der Waals surface area (Å²) in [4.78, 5) is 28.3. The Kier molecular flexibility index (Phi) is 8.87. The number of anilines is 1. The van der Waals surface area contributed by atoms with Crippen molar-refractivity contribution in [2.75, 3.05) is 31.1 Å². The van der Waals surface area contributed by atoms with E-state index in [4.69, 9.17) is 21.3 Å². The van der Waals surface area contributed by atoms with Crippen molar-refractivity contribution >= 4 is 44.0 Å². The molecule has 3 heterocycles. The van der Waals surface area contributed by atoms with E-state index >= 15 is 4.39 Å². The van der Waals surface area contributed by atoms with Gasteiger partial charge in [0, 0.05) is 43.5 Å². The van der Waals surface area contributed by atoms with Crippen LogP contribution in [-0.2, 0) is 20.3 Å². The molecule has 232 valence electrons. The van der Waals surface area contributed by atoms with Crippen molar-refractivity contribution in [3.8, 4) is 21.8 Å². The van der Waals surface area contributed by atoms with Crippen LogP contribution in [0.5, 0.6) is 0 Å². The van der Waals surface area contributed by atoms with Gasteiger partial charge >= 0.3 is 6.09 Å². The molecule has 0 bridgehead atoms. The molecule has 1 aliphatic heterocycles. The highest BCUT2D eigenvalue weighted by Crippen LogP contribution is 2.41. The quantitative estimate of drug-likeness (QED) is 0.219. The Hall–Kier alpha value is -3.75. The molecule has 1 fully saturated rings. The predicted molar refractivity (Wildman–Crippen MR) is 161 cm³/mol. The zero-order chi connectivity index (χ0) is 31.8. The number of piperazine rings is 1. The Bertz CT molecular complexity index is 1800. The number of benzene rings is 2. The summed E-state index contributed by atoms with van der Waals surface area (Å²) in [5.41, 5.74) is -0.429. The van der Waals surface area contributed by atoms with E-state index in [1.165, 1.54) is 35.7 Å². The van der Waals surface area contributed by atoms with Gasteiger partial charge in [0.25, 0.3) is 0 Å². The van der Waals surface area contributed by atoms with Gasteiger partial charge in [-0.3, -0.25) is 0 Å². The monoisotopic (exact) mass is 665 g/mol. The molecule has 9 nitrogen and oxygen atoms in total. The number of hydrogen-bond acceptors (Lipinski definition) is 9. The summed E-state index contributed by atoms with van der Waals surface area (Å²) in [6.45, 7) is 6.96. The van der Waals surface area contributed by atoms with Crippen LogP contribution in [0.2, 0.25) is 5.28 Å². The molecular weight excluding hydrogens is 639 g/mol. The molecule has 0 unspecified atom stereocenters. The largest absolute Gasteiger partial charge is 0.444 e. The fourth-order valence-electron chi connectivity index (χ4n) is 4.60. The first-order chi connectivity index (χ1) is 20.7.